The molecule has 0 radical (unpaired) electrons. The molecule has 0 amide bonds. The van der Waals surface area contributed by atoms with Crippen molar-refractivity contribution in [3.63, 3.8) is 0 Å². The van der Waals surface area contributed by atoms with Gasteiger partial charge in [0, 0.05) is 24.0 Å². The van der Waals surface area contributed by atoms with Crippen LogP contribution in [0, 0.1) is 12.8 Å². The van der Waals surface area contributed by atoms with Crippen molar-refractivity contribution in [1.29, 1.82) is 0 Å². The van der Waals surface area contributed by atoms with Gasteiger partial charge in [0.25, 0.3) is 0 Å². The van der Waals surface area contributed by atoms with Crippen LogP contribution in [0.4, 0.5) is 0 Å². The fourth-order valence-electron chi connectivity index (χ4n) is 3.51. The molecule has 1 aromatic carbocycles. The first-order valence-corrected chi connectivity index (χ1v) is 8.18. The highest BCUT2D eigenvalue weighted by atomic mass is 16.4. The molecule has 2 aromatic rings. The second-order valence-electron chi connectivity index (χ2n) is 6.70. The Kier molecular flexibility index (Phi) is 4.22. The number of hydrogen-bond acceptors (Lipinski definition) is 4. The van der Waals surface area contributed by atoms with Gasteiger partial charge in [-0.3, -0.25) is 0 Å². The summed E-state index contributed by atoms with van der Waals surface area (Å²) in [5, 5.41) is 21.2. The smallest absolute Gasteiger partial charge is 0.191 e. The molecule has 0 saturated heterocycles. The largest absolute Gasteiger partial charge is 0.507 e. The highest BCUT2D eigenvalue weighted by Gasteiger charge is 2.30. The minimum atomic E-state index is -0.0678. The Morgan fingerprint density at radius 3 is 2.46 bits per heavy atom. The van der Waals surface area contributed by atoms with Gasteiger partial charge in [-0.05, 0) is 44.7 Å². The molecule has 0 aliphatic heterocycles. The predicted octanol–water partition coefficient (Wildman–Crippen LogP) is 5.08. The first kappa shape index (κ1) is 16.4. The summed E-state index contributed by atoms with van der Waals surface area (Å²) in [4.78, 5) is 4.06. The lowest BCUT2D eigenvalue weighted by atomic mass is 9.73. The summed E-state index contributed by atoms with van der Waals surface area (Å²) >= 11 is 0. The van der Waals surface area contributed by atoms with Gasteiger partial charge < -0.3 is 14.6 Å². The van der Waals surface area contributed by atoms with E-state index in [2.05, 4.69) is 24.6 Å². The topological polar surface area (TPSA) is 66.5 Å². The third kappa shape index (κ3) is 2.96. The minimum absolute atomic E-state index is 0.0678. The number of nitrogens with zero attached hydrogens (tertiary/aromatic N) is 1. The second-order valence-corrected chi connectivity index (χ2v) is 6.70. The van der Waals surface area contributed by atoms with Crippen molar-refractivity contribution in [2.24, 2.45) is 5.92 Å². The van der Waals surface area contributed by atoms with Gasteiger partial charge in [0.1, 0.15) is 11.5 Å². The molecule has 1 aromatic heterocycles. The summed E-state index contributed by atoms with van der Waals surface area (Å²) in [6, 6.07) is 3.25. The number of allylic oxidation sites excluding steroid dienone is 3. The summed E-state index contributed by atoms with van der Waals surface area (Å²) < 4.78 is 5.48. The highest BCUT2D eigenvalue weighted by molar-refractivity contribution is 5.65. The summed E-state index contributed by atoms with van der Waals surface area (Å²) in [5.41, 5.74) is 3.50. The number of phenolic OH excluding ortho intramolecular Hbond substituents is 2. The third-order valence-corrected chi connectivity index (χ3v) is 4.76. The molecule has 0 fully saturated rings. The van der Waals surface area contributed by atoms with Crippen molar-refractivity contribution in [1.82, 2.24) is 4.98 Å². The zero-order valence-electron chi connectivity index (χ0n) is 14.3. The zero-order valence-corrected chi connectivity index (χ0v) is 14.3. The fraction of sp³-hybridized carbons (Fsp3) is 0.350. The van der Waals surface area contributed by atoms with E-state index in [1.165, 1.54) is 5.57 Å². The van der Waals surface area contributed by atoms with Crippen LogP contribution in [0.15, 0.2) is 46.5 Å². The molecular weight excluding hydrogens is 302 g/mol. The van der Waals surface area contributed by atoms with Crippen LogP contribution in [0.5, 0.6) is 11.5 Å². The number of oxazole rings is 1. The maximum Gasteiger partial charge on any atom is 0.191 e. The summed E-state index contributed by atoms with van der Waals surface area (Å²) in [6.07, 6.45) is 5.72. The van der Waals surface area contributed by atoms with E-state index in [1.807, 2.05) is 6.92 Å². The molecule has 1 aliphatic rings. The lowest BCUT2D eigenvalue weighted by Crippen LogP contribution is -2.17. The van der Waals surface area contributed by atoms with Crippen molar-refractivity contribution < 1.29 is 14.6 Å². The van der Waals surface area contributed by atoms with Gasteiger partial charge in [0.05, 0.1) is 6.20 Å². The molecule has 3 rings (SSSR count). The van der Waals surface area contributed by atoms with Gasteiger partial charge in [-0.2, -0.15) is 0 Å². The van der Waals surface area contributed by atoms with Crippen LogP contribution in [0.2, 0.25) is 0 Å². The van der Waals surface area contributed by atoms with Crippen LogP contribution in [0.3, 0.4) is 0 Å². The number of aromatic nitrogens is 1. The summed E-state index contributed by atoms with van der Waals surface area (Å²) in [6.45, 7) is 9.94. The van der Waals surface area contributed by atoms with Crippen LogP contribution in [-0.2, 0) is 0 Å². The van der Waals surface area contributed by atoms with Crippen LogP contribution in [0.25, 0.3) is 11.3 Å². The summed E-state index contributed by atoms with van der Waals surface area (Å²) in [5.74, 6) is 1.35. The molecule has 1 heterocycles. The average Bonchev–Trinajstić information content (AvgIpc) is 2.93. The Balaban J connectivity index is 2.07. The first-order valence-electron chi connectivity index (χ1n) is 8.18. The number of aromatic hydroxyl groups is 2. The fourth-order valence-corrected chi connectivity index (χ4v) is 3.51. The molecule has 4 nitrogen and oxygen atoms in total. The maximum absolute atomic E-state index is 10.6. The molecule has 2 N–H and O–H groups in total. The van der Waals surface area contributed by atoms with Crippen molar-refractivity contribution in [2.45, 2.75) is 39.5 Å². The van der Waals surface area contributed by atoms with E-state index in [4.69, 9.17) is 4.42 Å². The van der Waals surface area contributed by atoms with E-state index in [1.54, 1.807) is 25.3 Å². The second kappa shape index (κ2) is 6.19. The predicted molar refractivity (Wildman–Crippen MR) is 94.0 cm³/mol. The number of phenols is 2. The molecule has 126 valence electrons. The van der Waals surface area contributed by atoms with E-state index < -0.39 is 0 Å². The molecule has 4 heteroatoms. The van der Waals surface area contributed by atoms with Gasteiger partial charge in [0.2, 0.25) is 0 Å². The molecule has 0 bridgehead atoms. The average molecular weight is 325 g/mol. The van der Waals surface area contributed by atoms with Crippen molar-refractivity contribution in [3.8, 4) is 22.8 Å². The van der Waals surface area contributed by atoms with Crippen LogP contribution >= 0.6 is 0 Å². The first-order chi connectivity index (χ1) is 11.4. The zero-order chi connectivity index (χ0) is 17.4. The normalized spacial score (nSPS) is 20.7. The number of rotatable bonds is 3. The molecule has 0 saturated carbocycles. The van der Waals surface area contributed by atoms with Gasteiger partial charge in [-0.1, -0.05) is 23.8 Å². The number of benzene rings is 1. The Bertz CT molecular complexity index is 793. The van der Waals surface area contributed by atoms with Crippen LogP contribution in [-0.4, -0.2) is 15.2 Å². The van der Waals surface area contributed by atoms with Crippen LogP contribution in [0.1, 0.15) is 44.1 Å². The van der Waals surface area contributed by atoms with E-state index in [0.717, 1.165) is 18.4 Å². The van der Waals surface area contributed by atoms with Gasteiger partial charge in [-0.25, -0.2) is 4.98 Å². The summed E-state index contributed by atoms with van der Waals surface area (Å²) in [7, 11) is 0. The minimum Gasteiger partial charge on any atom is -0.507 e. The van der Waals surface area contributed by atoms with Gasteiger partial charge in [0.15, 0.2) is 11.7 Å². The van der Waals surface area contributed by atoms with Gasteiger partial charge in [-0.15, -0.1) is 0 Å². The molecule has 1 aliphatic carbocycles. The van der Waals surface area contributed by atoms with Gasteiger partial charge >= 0.3 is 0 Å². The van der Waals surface area contributed by atoms with Crippen molar-refractivity contribution in [3.05, 3.63) is 53.6 Å². The Labute approximate surface area is 142 Å². The Morgan fingerprint density at radius 2 is 1.92 bits per heavy atom. The number of hydrogen-bond donors (Lipinski definition) is 2. The molecule has 0 spiro atoms. The van der Waals surface area contributed by atoms with Crippen LogP contribution < -0.4 is 0 Å². The standard InChI is InChI=1S/C20H23NO3/c1-11(2)15-6-5-12(3)7-16(15)20-17(22)8-14(9-18(20)23)19-10-21-13(4)24-19/h7-10,15-16,22-23H,1,5-6H2,2-4H3/t15-,16+/m0/s1. The van der Waals surface area contributed by atoms with Crippen molar-refractivity contribution >= 4 is 0 Å². The van der Waals surface area contributed by atoms with E-state index in [-0.39, 0.29) is 23.3 Å². The maximum atomic E-state index is 10.6. The van der Waals surface area contributed by atoms with E-state index >= 15 is 0 Å². The Morgan fingerprint density at radius 1 is 1.25 bits per heavy atom. The number of aryl methyl sites for hydroxylation is 1. The monoisotopic (exact) mass is 325 g/mol. The molecule has 2 atom stereocenters. The lowest BCUT2D eigenvalue weighted by molar-refractivity contribution is 0.407. The lowest BCUT2D eigenvalue weighted by Gasteiger charge is -2.31. The molecular formula is C20H23NO3. The molecule has 0 unspecified atom stereocenters. The van der Waals surface area contributed by atoms with Crippen molar-refractivity contribution in [2.75, 3.05) is 0 Å². The van der Waals surface area contributed by atoms with E-state index in [9.17, 15) is 10.2 Å². The third-order valence-electron chi connectivity index (χ3n) is 4.76. The SMILES string of the molecule is C=C(C)[C@@H]1CCC(C)=C[C@H]1c1c(O)cc(-c2cnc(C)o2)cc1O. The quantitative estimate of drug-likeness (QED) is 0.773. The Hall–Kier alpha value is -2.49. The highest BCUT2D eigenvalue weighted by Crippen LogP contribution is 2.47. The van der Waals surface area contributed by atoms with E-state index in [0.29, 0.717) is 22.8 Å². The molecule has 24 heavy (non-hydrogen) atoms.